The van der Waals surface area contributed by atoms with Crippen LogP contribution in [-0.4, -0.2) is 21.8 Å². The van der Waals surface area contributed by atoms with E-state index in [9.17, 15) is 10.1 Å². The van der Waals surface area contributed by atoms with Gasteiger partial charge in [0.2, 0.25) is 0 Å². The topological polar surface area (TPSA) is 96.2 Å². The zero-order valence-corrected chi connectivity index (χ0v) is 11.6. The number of nitrogens with zero attached hydrogens (tertiary/aromatic N) is 3. The van der Waals surface area contributed by atoms with Crippen molar-refractivity contribution in [1.82, 2.24) is 9.78 Å². The molecule has 2 aromatic rings. The standard InChI is InChI=1S/C13H16N4O3/c1-8-11(7-14)9(2)16(15-8)12-6-10(17(18)19)4-5-13(12)20-3/h4-6H,7,14H2,1-3H3. The van der Waals surface area contributed by atoms with E-state index in [0.717, 1.165) is 17.0 Å². The zero-order valence-electron chi connectivity index (χ0n) is 11.6. The summed E-state index contributed by atoms with van der Waals surface area (Å²) in [7, 11) is 1.51. The predicted octanol–water partition coefficient (Wildman–Crippen LogP) is 1.86. The molecule has 0 radical (unpaired) electrons. The molecule has 0 aliphatic heterocycles. The van der Waals surface area contributed by atoms with Gasteiger partial charge in [-0.2, -0.15) is 5.10 Å². The number of rotatable bonds is 4. The van der Waals surface area contributed by atoms with Gasteiger partial charge in [-0.05, 0) is 19.9 Å². The molecule has 0 spiro atoms. The zero-order chi connectivity index (χ0) is 14.9. The summed E-state index contributed by atoms with van der Waals surface area (Å²) in [5.41, 5.74) is 8.80. The van der Waals surface area contributed by atoms with Gasteiger partial charge in [0.05, 0.1) is 17.7 Å². The van der Waals surface area contributed by atoms with E-state index in [4.69, 9.17) is 10.5 Å². The largest absolute Gasteiger partial charge is 0.494 e. The molecular weight excluding hydrogens is 260 g/mol. The minimum atomic E-state index is -0.446. The first-order valence-corrected chi connectivity index (χ1v) is 6.07. The second kappa shape index (κ2) is 5.30. The van der Waals surface area contributed by atoms with Crippen molar-refractivity contribution in [2.45, 2.75) is 20.4 Å². The lowest BCUT2D eigenvalue weighted by Gasteiger charge is -2.10. The van der Waals surface area contributed by atoms with Crippen molar-refractivity contribution in [3.63, 3.8) is 0 Å². The Morgan fingerprint density at radius 2 is 2.15 bits per heavy atom. The maximum Gasteiger partial charge on any atom is 0.271 e. The molecule has 0 unspecified atom stereocenters. The highest BCUT2D eigenvalue weighted by atomic mass is 16.6. The highest BCUT2D eigenvalue weighted by Gasteiger charge is 2.17. The monoisotopic (exact) mass is 276 g/mol. The van der Waals surface area contributed by atoms with E-state index in [1.54, 1.807) is 10.7 Å². The molecule has 7 heteroatoms. The molecule has 2 N–H and O–H groups in total. The molecule has 106 valence electrons. The molecule has 1 heterocycles. The average Bonchev–Trinajstić information content (AvgIpc) is 2.72. The van der Waals surface area contributed by atoms with Gasteiger partial charge in [0.25, 0.3) is 5.69 Å². The number of hydrogen-bond donors (Lipinski definition) is 1. The van der Waals surface area contributed by atoms with E-state index < -0.39 is 4.92 Å². The van der Waals surface area contributed by atoms with Crippen LogP contribution in [0.15, 0.2) is 18.2 Å². The maximum atomic E-state index is 10.9. The Morgan fingerprint density at radius 3 is 2.65 bits per heavy atom. The van der Waals surface area contributed by atoms with E-state index >= 15 is 0 Å². The third-order valence-corrected chi connectivity index (χ3v) is 3.25. The van der Waals surface area contributed by atoms with E-state index in [1.807, 2.05) is 13.8 Å². The van der Waals surface area contributed by atoms with Gasteiger partial charge in [-0.15, -0.1) is 0 Å². The maximum absolute atomic E-state index is 10.9. The summed E-state index contributed by atoms with van der Waals surface area (Å²) in [6, 6.07) is 4.41. The number of aromatic nitrogens is 2. The highest BCUT2D eigenvalue weighted by molar-refractivity contribution is 5.54. The summed E-state index contributed by atoms with van der Waals surface area (Å²) in [6.45, 7) is 4.10. The van der Waals surface area contributed by atoms with Crippen LogP contribution < -0.4 is 10.5 Å². The third-order valence-electron chi connectivity index (χ3n) is 3.25. The van der Waals surface area contributed by atoms with Gasteiger partial charge in [-0.1, -0.05) is 0 Å². The second-order valence-corrected chi connectivity index (χ2v) is 4.38. The van der Waals surface area contributed by atoms with Crippen LogP contribution in [0.4, 0.5) is 5.69 Å². The van der Waals surface area contributed by atoms with E-state index in [0.29, 0.717) is 18.0 Å². The lowest BCUT2D eigenvalue weighted by atomic mass is 10.2. The normalized spacial score (nSPS) is 10.6. The molecule has 0 saturated carbocycles. The summed E-state index contributed by atoms with van der Waals surface area (Å²) < 4.78 is 6.89. The van der Waals surface area contributed by atoms with Crippen molar-refractivity contribution < 1.29 is 9.66 Å². The Labute approximate surface area is 116 Å². The van der Waals surface area contributed by atoms with E-state index in [2.05, 4.69) is 5.10 Å². The average molecular weight is 276 g/mol. The van der Waals surface area contributed by atoms with Gasteiger partial charge in [0.1, 0.15) is 11.4 Å². The van der Waals surface area contributed by atoms with Crippen molar-refractivity contribution in [3.05, 3.63) is 45.3 Å². The summed E-state index contributed by atoms with van der Waals surface area (Å²) in [5.74, 6) is 0.518. The van der Waals surface area contributed by atoms with Crippen molar-refractivity contribution in [2.75, 3.05) is 7.11 Å². The van der Waals surface area contributed by atoms with Crippen molar-refractivity contribution >= 4 is 5.69 Å². The Hall–Kier alpha value is -2.41. The second-order valence-electron chi connectivity index (χ2n) is 4.38. The van der Waals surface area contributed by atoms with Gasteiger partial charge >= 0.3 is 0 Å². The molecule has 0 atom stereocenters. The number of methoxy groups -OCH3 is 1. The first kappa shape index (κ1) is 14.0. The molecule has 1 aromatic carbocycles. The molecule has 0 aliphatic carbocycles. The fourth-order valence-corrected chi connectivity index (χ4v) is 2.16. The number of nitrogens with two attached hydrogens (primary N) is 1. The molecule has 20 heavy (non-hydrogen) atoms. The number of nitro groups is 1. The quantitative estimate of drug-likeness (QED) is 0.679. The van der Waals surface area contributed by atoms with Crippen LogP contribution in [0.2, 0.25) is 0 Å². The molecular formula is C13H16N4O3. The Kier molecular flexibility index (Phi) is 3.71. The number of aryl methyl sites for hydroxylation is 1. The van der Waals surface area contributed by atoms with Crippen LogP contribution in [0.1, 0.15) is 17.0 Å². The first-order valence-electron chi connectivity index (χ1n) is 6.07. The van der Waals surface area contributed by atoms with Crippen LogP contribution in [0.3, 0.4) is 0 Å². The molecule has 0 bridgehead atoms. The van der Waals surface area contributed by atoms with Gasteiger partial charge < -0.3 is 10.5 Å². The fourth-order valence-electron chi connectivity index (χ4n) is 2.16. The highest BCUT2D eigenvalue weighted by Crippen LogP contribution is 2.29. The van der Waals surface area contributed by atoms with Crippen LogP contribution in [-0.2, 0) is 6.54 Å². The summed E-state index contributed by atoms with van der Waals surface area (Å²) in [6.07, 6.45) is 0. The molecule has 0 aliphatic rings. The van der Waals surface area contributed by atoms with Crippen molar-refractivity contribution in [3.8, 4) is 11.4 Å². The van der Waals surface area contributed by atoms with Crippen LogP contribution in [0, 0.1) is 24.0 Å². The fraction of sp³-hybridized carbons (Fsp3) is 0.308. The number of benzene rings is 1. The number of nitro benzene ring substituents is 1. The molecule has 0 fully saturated rings. The Morgan fingerprint density at radius 1 is 1.45 bits per heavy atom. The summed E-state index contributed by atoms with van der Waals surface area (Å²) in [4.78, 5) is 10.5. The van der Waals surface area contributed by atoms with Gasteiger partial charge in [0, 0.05) is 29.9 Å². The molecule has 0 amide bonds. The minimum absolute atomic E-state index is 0.0114. The molecule has 1 aromatic heterocycles. The minimum Gasteiger partial charge on any atom is -0.494 e. The molecule has 0 saturated heterocycles. The summed E-state index contributed by atoms with van der Waals surface area (Å²) >= 11 is 0. The van der Waals surface area contributed by atoms with E-state index in [-0.39, 0.29) is 5.69 Å². The number of non-ortho nitro benzene ring substituents is 1. The van der Waals surface area contributed by atoms with Crippen molar-refractivity contribution in [1.29, 1.82) is 0 Å². The van der Waals surface area contributed by atoms with E-state index in [1.165, 1.54) is 19.2 Å². The lowest BCUT2D eigenvalue weighted by Crippen LogP contribution is -2.04. The third kappa shape index (κ3) is 2.23. The van der Waals surface area contributed by atoms with Crippen LogP contribution >= 0.6 is 0 Å². The summed E-state index contributed by atoms with van der Waals surface area (Å²) in [5, 5.41) is 15.3. The molecule has 2 rings (SSSR count). The van der Waals surface area contributed by atoms with Crippen LogP contribution in [0.25, 0.3) is 5.69 Å². The Bertz CT molecular complexity index is 664. The Balaban J connectivity index is 2.67. The predicted molar refractivity (Wildman–Crippen MR) is 74.1 cm³/mol. The first-order chi connectivity index (χ1) is 9.49. The van der Waals surface area contributed by atoms with Gasteiger partial charge in [-0.3, -0.25) is 10.1 Å². The SMILES string of the molecule is COc1ccc([N+](=O)[O-])cc1-n1nc(C)c(CN)c1C. The smallest absolute Gasteiger partial charge is 0.271 e. The van der Waals surface area contributed by atoms with Crippen LogP contribution in [0.5, 0.6) is 5.75 Å². The van der Waals surface area contributed by atoms with Crippen molar-refractivity contribution in [2.24, 2.45) is 5.73 Å². The van der Waals surface area contributed by atoms with Gasteiger partial charge in [0.15, 0.2) is 0 Å². The molecule has 7 nitrogen and oxygen atoms in total. The number of hydrogen-bond acceptors (Lipinski definition) is 5. The lowest BCUT2D eigenvalue weighted by molar-refractivity contribution is -0.384. The van der Waals surface area contributed by atoms with Gasteiger partial charge in [-0.25, -0.2) is 4.68 Å². The number of ether oxygens (including phenoxy) is 1.